The normalized spacial score (nSPS) is 9.94. The number of aryl methyl sites for hydroxylation is 1. The van der Waals surface area contributed by atoms with E-state index in [0.717, 1.165) is 31.2 Å². The lowest BCUT2D eigenvalue weighted by Gasteiger charge is -2.07. The molecular weight excluding hydrogens is 396 g/mol. The number of phenolic OH excluding ortho intramolecular Hbond substituents is 2. The number of anilines is 2. The summed E-state index contributed by atoms with van der Waals surface area (Å²) in [6, 6.07) is 9.77. The molecule has 0 unspecified atom stereocenters. The van der Waals surface area contributed by atoms with Gasteiger partial charge in [-0.2, -0.15) is 0 Å². The van der Waals surface area contributed by atoms with Crippen molar-refractivity contribution in [3.8, 4) is 11.5 Å². The molecule has 0 aromatic heterocycles. The number of carbonyl (C=O) groups is 3. The molecule has 0 bridgehead atoms. The Balaban J connectivity index is 0.000000311. The lowest BCUT2D eigenvalue weighted by Crippen LogP contribution is -2.06. The van der Waals surface area contributed by atoms with Crippen LogP contribution in [0.2, 0.25) is 0 Å². The lowest BCUT2D eigenvalue weighted by molar-refractivity contribution is -0.115. The molecule has 31 heavy (non-hydrogen) atoms. The molecule has 0 atom stereocenters. The van der Waals surface area contributed by atoms with Crippen LogP contribution in [0.15, 0.2) is 36.4 Å². The molecule has 2 amide bonds. The minimum absolute atomic E-state index is 0.0885. The molecule has 2 aromatic carbocycles. The summed E-state index contributed by atoms with van der Waals surface area (Å²) in [6.45, 7) is 6.85. The predicted octanol–water partition coefficient (Wildman–Crippen LogP) is 5.03. The van der Waals surface area contributed by atoms with E-state index >= 15 is 0 Å². The van der Waals surface area contributed by atoms with E-state index in [-0.39, 0.29) is 29.1 Å². The summed E-state index contributed by atoms with van der Waals surface area (Å²) in [4.78, 5) is 33.1. The Kier molecular flexibility index (Phi) is 10.8. The number of aromatic hydroxyl groups is 2. The molecule has 7 nitrogen and oxygen atoms in total. The summed E-state index contributed by atoms with van der Waals surface area (Å²) in [7, 11) is 0. The second-order valence-electron chi connectivity index (χ2n) is 7.21. The topological polar surface area (TPSA) is 116 Å². The van der Waals surface area contributed by atoms with Gasteiger partial charge >= 0.3 is 0 Å². The Morgan fingerprint density at radius 3 is 1.81 bits per heavy atom. The van der Waals surface area contributed by atoms with Crippen molar-refractivity contribution < 1.29 is 24.6 Å². The molecule has 0 radical (unpaired) electrons. The Labute approximate surface area is 183 Å². The highest BCUT2D eigenvalue weighted by Crippen LogP contribution is 2.24. The monoisotopic (exact) mass is 428 g/mol. The maximum atomic E-state index is 11.6. The zero-order chi connectivity index (χ0) is 23.4. The largest absolute Gasteiger partial charge is 0.508 e. The van der Waals surface area contributed by atoms with E-state index in [2.05, 4.69) is 17.6 Å². The van der Waals surface area contributed by atoms with Gasteiger partial charge in [-0.25, -0.2) is 0 Å². The van der Waals surface area contributed by atoms with Crippen molar-refractivity contribution in [2.45, 2.75) is 59.8 Å². The van der Waals surface area contributed by atoms with Crippen LogP contribution in [-0.4, -0.2) is 27.8 Å². The minimum Gasteiger partial charge on any atom is -0.508 e. The summed E-state index contributed by atoms with van der Waals surface area (Å²) in [6.07, 6.45) is 4.20. The number of unbranched alkanes of at least 4 members (excludes halogenated alkanes) is 1. The highest BCUT2D eigenvalue weighted by Gasteiger charge is 2.10. The van der Waals surface area contributed by atoms with Crippen molar-refractivity contribution in [1.82, 2.24) is 0 Å². The summed E-state index contributed by atoms with van der Waals surface area (Å²) in [5.41, 5.74) is 2.36. The minimum atomic E-state index is -0.216. The van der Waals surface area contributed by atoms with E-state index < -0.39 is 0 Å². The molecule has 0 heterocycles. The Morgan fingerprint density at radius 1 is 0.806 bits per heavy atom. The standard InChI is InChI=1S/C12H15NO3.C12H17NO2/c1-3-4-11(15)10-6-5-9(7-12(10)16)13-8(2)14;1-3-4-5-10-6-7-11(8-12(10)15)13-9(2)14/h5-7,16H,3-4H2,1-2H3,(H,13,14);6-8,15H,3-5H2,1-2H3,(H,13,14). The number of ketones is 1. The molecule has 2 aromatic rings. The van der Waals surface area contributed by atoms with Crippen LogP contribution in [0.25, 0.3) is 0 Å². The van der Waals surface area contributed by atoms with E-state index in [4.69, 9.17) is 0 Å². The van der Waals surface area contributed by atoms with Gasteiger partial charge < -0.3 is 20.8 Å². The fraction of sp³-hybridized carbons (Fsp3) is 0.375. The molecule has 0 aliphatic heterocycles. The third-order valence-electron chi connectivity index (χ3n) is 4.30. The predicted molar refractivity (Wildman–Crippen MR) is 123 cm³/mol. The van der Waals surface area contributed by atoms with Gasteiger partial charge in [0.15, 0.2) is 5.78 Å². The highest BCUT2D eigenvalue weighted by molar-refractivity contribution is 5.99. The van der Waals surface area contributed by atoms with Crippen molar-refractivity contribution in [1.29, 1.82) is 0 Å². The van der Waals surface area contributed by atoms with Crippen LogP contribution >= 0.6 is 0 Å². The molecule has 0 aliphatic carbocycles. The van der Waals surface area contributed by atoms with E-state index in [1.54, 1.807) is 12.1 Å². The van der Waals surface area contributed by atoms with E-state index in [9.17, 15) is 24.6 Å². The number of hydrogen-bond acceptors (Lipinski definition) is 5. The third kappa shape index (κ3) is 9.33. The Bertz CT molecular complexity index is 909. The SMILES string of the molecule is CCCC(=O)c1ccc(NC(C)=O)cc1O.CCCCc1ccc(NC(C)=O)cc1O. The van der Waals surface area contributed by atoms with Crippen LogP contribution in [0.4, 0.5) is 11.4 Å². The quantitative estimate of drug-likeness (QED) is 0.440. The van der Waals surface area contributed by atoms with Gasteiger partial charge in [0.25, 0.3) is 0 Å². The Morgan fingerprint density at radius 2 is 1.35 bits per heavy atom. The van der Waals surface area contributed by atoms with Gasteiger partial charge in [-0.15, -0.1) is 0 Å². The van der Waals surface area contributed by atoms with Crippen molar-refractivity contribution in [2.75, 3.05) is 10.6 Å². The van der Waals surface area contributed by atoms with Crippen LogP contribution in [-0.2, 0) is 16.0 Å². The average molecular weight is 429 g/mol. The number of benzene rings is 2. The first kappa shape index (κ1) is 25.7. The van der Waals surface area contributed by atoms with Gasteiger partial charge in [-0.05, 0) is 43.0 Å². The van der Waals surface area contributed by atoms with Crippen LogP contribution in [0.1, 0.15) is 69.3 Å². The van der Waals surface area contributed by atoms with Gasteiger partial charge in [0.05, 0.1) is 5.56 Å². The molecule has 0 saturated carbocycles. The maximum Gasteiger partial charge on any atom is 0.221 e. The van der Waals surface area contributed by atoms with E-state index in [1.807, 2.05) is 19.1 Å². The van der Waals surface area contributed by atoms with Gasteiger partial charge in [-0.3, -0.25) is 14.4 Å². The summed E-state index contributed by atoms with van der Waals surface area (Å²) < 4.78 is 0. The molecular formula is C24H32N2O5. The molecule has 0 fully saturated rings. The van der Waals surface area contributed by atoms with Crippen LogP contribution < -0.4 is 10.6 Å². The van der Waals surface area contributed by atoms with Crippen LogP contribution in [0, 0.1) is 0 Å². The number of rotatable bonds is 8. The van der Waals surface area contributed by atoms with Gasteiger partial charge in [0.2, 0.25) is 11.8 Å². The number of amides is 2. The maximum absolute atomic E-state index is 11.6. The van der Waals surface area contributed by atoms with Crippen molar-refractivity contribution >= 4 is 29.0 Å². The van der Waals surface area contributed by atoms with E-state index in [0.29, 0.717) is 23.4 Å². The number of nitrogens with one attached hydrogen (secondary N) is 2. The van der Waals surface area contributed by atoms with Crippen LogP contribution in [0.5, 0.6) is 11.5 Å². The first-order chi connectivity index (χ1) is 14.7. The molecule has 0 aliphatic rings. The number of carbonyl (C=O) groups excluding carboxylic acids is 3. The zero-order valence-corrected chi connectivity index (χ0v) is 18.6. The molecule has 2 rings (SSSR count). The third-order valence-corrected chi connectivity index (χ3v) is 4.30. The fourth-order valence-electron chi connectivity index (χ4n) is 2.83. The Hall–Kier alpha value is -3.35. The van der Waals surface area contributed by atoms with Crippen molar-refractivity contribution in [3.05, 3.63) is 47.5 Å². The molecule has 7 heteroatoms. The number of hydrogen-bond donors (Lipinski definition) is 4. The molecule has 0 spiro atoms. The molecule has 168 valence electrons. The second-order valence-corrected chi connectivity index (χ2v) is 7.21. The van der Waals surface area contributed by atoms with Gasteiger partial charge in [0, 0.05) is 43.8 Å². The number of Topliss-reactive ketones (excluding diaryl/α,β-unsaturated/α-hetero) is 1. The molecule has 0 saturated heterocycles. The first-order valence-corrected chi connectivity index (χ1v) is 10.4. The number of phenols is 2. The summed E-state index contributed by atoms with van der Waals surface area (Å²) >= 11 is 0. The lowest BCUT2D eigenvalue weighted by atomic mass is 10.1. The van der Waals surface area contributed by atoms with Gasteiger partial charge in [0.1, 0.15) is 11.5 Å². The summed E-state index contributed by atoms with van der Waals surface area (Å²) in [5.74, 6) is -0.267. The van der Waals surface area contributed by atoms with Crippen molar-refractivity contribution in [2.24, 2.45) is 0 Å². The zero-order valence-electron chi connectivity index (χ0n) is 18.6. The molecule has 4 N–H and O–H groups in total. The highest BCUT2D eigenvalue weighted by atomic mass is 16.3. The first-order valence-electron chi connectivity index (χ1n) is 10.4. The summed E-state index contributed by atoms with van der Waals surface area (Å²) in [5, 5.41) is 24.5. The van der Waals surface area contributed by atoms with Gasteiger partial charge in [-0.1, -0.05) is 26.3 Å². The van der Waals surface area contributed by atoms with Crippen molar-refractivity contribution in [3.63, 3.8) is 0 Å². The van der Waals surface area contributed by atoms with E-state index in [1.165, 1.54) is 26.0 Å². The smallest absolute Gasteiger partial charge is 0.221 e. The second kappa shape index (κ2) is 13.1. The average Bonchev–Trinajstić information content (AvgIpc) is 2.67. The van der Waals surface area contributed by atoms with Crippen LogP contribution in [0.3, 0.4) is 0 Å². The fourth-order valence-corrected chi connectivity index (χ4v) is 2.83.